The van der Waals surface area contributed by atoms with E-state index in [1.165, 1.54) is 64.2 Å². The summed E-state index contributed by atoms with van der Waals surface area (Å²) in [5.41, 5.74) is 0. The van der Waals surface area contributed by atoms with E-state index in [0.717, 1.165) is 25.7 Å². The smallest absolute Gasteiger partial charge is 0.225 e. The van der Waals surface area contributed by atoms with Crippen molar-refractivity contribution < 1.29 is 15.0 Å². The van der Waals surface area contributed by atoms with E-state index in [-0.39, 0.29) is 25.0 Å². The molecule has 0 aliphatic heterocycles. The van der Waals surface area contributed by atoms with E-state index in [0.29, 0.717) is 13.1 Å². The van der Waals surface area contributed by atoms with Gasteiger partial charge in [0.25, 0.3) is 0 Å². The Morgan fingerprint density at radius 1 is 0.692 bits per heavy atom. The van der Waals surface area contributed by atoms with Crippen molar-refractivity contribution in [3.8, 4) is 0 Å². The predicted octanol–water partition coefficient (Wildman–Crippen LogP) is 4.92. The average Bonchev–Trinajstić information content (AvgIpc) is 2.64. The molecule has 2 N–H and O–H groups in total. The van der Waals surface area contributed by atoms with Crippen LogP contribution in [0.4, 0.5) is 0 Å². The quantitative estimate of drug-likeness (QED) is 0.317. The third-order valence-corrected chi connectivity index (χ3v) is 5.21. The van der Waals surface area contributed by atoms with Crippen LogP contribution >= 0.6 is 0 Å². The number of aliphatic hydroxyl groups is 2. The van der Waals surface area contributed by atoms with Crippen molar-refractivity contribution in [3.63, 3.8) is 0 Å². The molecule has 0 bridgehead atoms. The first-order chi connectivity index (χ1) is 12.7. The van der Waals surface area contributed by atoms with Crippen LogP contribution in [0.25, 0.3) is 0 Å². The first-order valence-electron chi connectivity index (χ1n) is 11.2. The van der Waals surface area contributed by atoms with Crippen LogP contribution in [-0.4, -0.2) is 47.3 Å². The lowest BCUT2D eigenvalue weighted by molar-refractivity contribution is -0.137. The normalized spacial score (nSPS) is 11.3. The maximum Gasteiger partial charge on any atom is 0.225 e. The summed E-state index contributed by atoms with van der Waals surface area (Å²) < 4.78 is 0. The molecular weight excluding hydrogens is 326 g/mol. The lowest BCUT2D eigenvalue weighted by Gasteiger charge is -2.26. The molecule has 0 aromatic rings. The van der Waals surface area contributed by atoms with Gasteiger partial charge >= 0.3 is 0 Å². The van der Waals surface area contributed by atoms with Gasteiger partial charge in [-0.1, -0.05) is 90.9 Å². The first kappa shape index (κ1) is 25.4. The Balaban J connectivity index is 4.38. The third-order valence-electron chi connectivity index (χ3n) is 5.21. The van der Waals surface area contributed by atoms with E-state index in [9.17, 15) is 15.0 Å². The Morgan fingerprint density at radius 2 is 1.08 bits per heavy atom. The predicted molar refractivity (Wildman–Crippen MR) is 110 cm³/mol. The molecule has 0 radical (unpaired) electrons. The summed E-state index contributed by atoms with van der Waals surface area (Å²) in [5, 5.41) is 18.4. The molecule has 0 heterocycles. The van der Waals surface area contributed by atoms with E-state index in [1.807, 2.05) is 0 Å². The molecular formula is C22H45NO3. The summed E-state index contributed by atoms with van der Waals surface area (Å²) in [4.78, 5) is 14.5. The van der Waals surface area contributed by atoms with Crippen LogP contribution in [0.3, 0.4) is 0 Å². The Labute approximate surface area is 162 Å². The summed E-state index contributed by atoms with van der Waals surface area (Å²) in [6, 6.07) is 0. The minimum atomic E-state index is -0.0352. The van der Waals surface area contributed by atoms with Crippen LogP contribution in [0.15, 0.2) is 0 Å². The number of rotatable bonds is 19. The van der Waals surface area contributed by atoms with E-state index >= 15 is 0 Å². The minimum absolute atomic E-state index is 0.0352. The average molecular weight is 372 g/mol. The Hall–Kier alpha value is -0.610. The Kier molecular flexibility index (Phi) is 18.7. The molecule has 0 saturated carbocycles. The molecule has 26 heavy (non-hydrogen) atoms. The SMILES string of the molecule is CCCCCCCCC(CCCCCCCC)C(=O)N(CCO)CCO. The number of nitrogens with zero attached hydrogens (tertiary/aromatic N) is 1. The molecule has 156 valence electrons. The zero-order valence-electron chi connectivity index (χ0n) is 17.6. The first-order valence-corrected chi connectivity index (χ1v) is 11.2. The number of carbonyl (C=O) groups excluding carboxylic acids is 1. The molecule has 0 aromatic carbocycles. The van der Waals surface area contributed by atoms with Gasteiger partial charge in [0.2, 0.25) is 5.91 Å². The molecule has 0 aromatic heterocycles. The number of unbranched alkanes of at least 4 members (excludes halogenated alkanes) is 10. The number of hydrogen-bond donors (Lipinski definition) is 2. The molecule has 0 unspecified atom stereocenters. The van der Waals surface area contributed by atoms with Gasteiger partial charge in [-0.3, -0.25) is 4.79 Å². The highest BCUT2D eigenvalue weighted by atomic mass is 16.3. The van der Waals surface area contributed by atoms with Crippen molar-refractivity contribution >= 4 is 5.91 Å². The minimum Gasteiger partial charge on any atom is -0.395 e. The molecule has 0 aliphatic rings. The number of hydrogen-bond acceptors (Lipinski definition) is 3. The van der Waals surface area contributed by atoms with E-state index in [2.05, 4.69) is 13.8 Å². The zero-order valence-corrected chi connectivity index (χ0v) is 17.6. The molecule has 0 spiro atoms. The van der Waals surface area contributed by atoms with Crippen LogP contribution in [0.5, 0.6) is 0 Å². The van der Waals surface area contributed by atoms with Crippen molar-refractivity contribution in [2.75, 3.05) is 26.3 Å². The second-order valence-corrected chi connectivity index (χ2v) is 7.58. The van der Waals surface area contributed by atoms with Gasteiger partial charge in [-0.25, -0.2) is 0 Å². The lowest BCUT2D eigenvalue weighted by Crippen LogP contribution is -2.40. The molecule has 4 nitrogen and oxygen atoms in total. The second-order valence-electron chi connectivity index (χ2n) is 7.58. The Bertz CT molecular complexity index is 288. The summed E-state index contributed by atoms with van der Waals surface area (Å²) in [6.07, 6.45) is 16.8. The molecule has 0 atom stereocenters. The van der Waals surface area contributed by atoms with E-state index in [1.54, 1.807) is 4.90 Å². The van der Waals surface area contributed by atoms with Crippen LogP contribution in [0.1, 0.15) is 104 Å². The monoisotopic (exact) mass is 371 g/mol. The fourth-order valence-corrected chi connectivity index (χ4v) is 3.57. The topological polar surface area (TPSA) is 60.8 Å². The number of amides is 1. The fourth-order valence-electron chi connectivity index (χ4n) is 3.57. The third kappa shape index (κ3) is 13.6. The van der Waals surface area contributed by atoms with Crippen LogP contribution in [-0.2, 0) is 4.79 Å². The summed E-state index contributed by atoms with van der Waals surface area (Å²) in [7, 11) is 0. The molecule has 0 rings (SSSR count). The van der Waals surface area contributed by atoms with Crippen molar-refractivity contribution in [2.45, 2.75) is 104 Å². The summed E-state index contributed by atoms with van der Waals surface area (Å²) >= 11 is 0. The van der Waals surface area contributed by atoms with Crippen molar-refractivity contribution in [1.29, 1.82) is 0 Å². The largest absolute Gasteiger partial charge is 0.395 e. The second kappa shape index (κ2) is 19.2. The maximum atomic E-state index is 12.9. The van der Waals surface area contributed by atoms with Gasteiger partial charge in [0.05, 0.1) is 13.2 Å². The fraction of sp³-hybridized carbons (Fsp3) is 0.955. The number of aliphatic hydroxyl groups excluding tert-OH is 2. The Morgan fingerprint density at radius 3 is 1.46 bits per heavy atom. The van der Waals surface area contributed by atoms with Gasteiger partial charge in [-0.2, -0.15) is 0 Å². The molecule has 1 amide bonds. The van der Waals surface area contributed by atoms with E-state index in [4.69, 9.17) is 0 Å². The van der Waals surface area contributed by atoms with Crippen LogP contribution in [0.2, 0.25) is 0 Å². The van der Waals surface area contributed by atoms with Gasteiger partial charge in [-0.05, 0) is 12.8 Å². The van der Waals surface area contributed by atoms with Gasteiger partial charge in [0, 0.05) is 19.0 Å². The van der Waals surface area contributed by atoms with Crippen molar-refractivity contribution in [2.24, 2.45) is 5.92 Å². The standard InChI is InChI=1S/C22H45NO3/c1-3-5-7-9-11-13-15-21(16-14-12-10-8-6-4-2)22(26)23(17-19-24)18-20-25/h21,24-25H,3-20H2,1-2H3. The highest BCUT2D eigenvalue weighted by Gasteiger charge is 2.23. The van der Waals surface area contributed by atoms with Crippen molar-refractivity contribution in [3.05, 3.63) is 0 Å². The molecule has 4 heteroatoms. The highest BCUT2D eigenvalue weighted by Crippen LogP contribution is 2.21. The number of carbonyl (C=O) groups is 1. The summed E-state index contributed by atoms with van der Waals surface area (Å²) in [5.74, 6) is 0.195. The van der Waals surface area contributed by atoms with Gasteiger partial charge < -0.3 is 15.1 Å². The molecule has 0 aliphatic carbocycles. The van der Waals surface area contributed by atoms with Crippen molar-refractivity contribution in [1.82, 2.24) is 4.90 Å². The van der Waals surface area contributed by atoms with Gasteiger partial charge in [-0.15, -0.1) is 0 Å². The van der Waals surface area contributed by atoms with Crippen LogP contribution < -0.4 is 0 Å². The molecule has 0 fully saturated rings. The lowest BCUT2D eigenvalue weighted by atomic mass is 9.92. The maximum absolute atomic E-state index is 12.9. The van der Waals surface area contributed by atoms with E-state index < -0.39 is 0 Å². The van der Waals surface area contributed by atoms with Gasteiger partial charge in [0.15, 0.2) is 0 Å². The van der Waals surface area contributed by atoms with Gasteiger partial charge in [0.1, 0.15) is 0 Å². The highest BCUT2D eigenvalue weighted by molar-refractivity contribution is 5.78. The summed E-state index contributed by atoms with van der Waals surface area (Å²) in [6.45, 7) is 5.06. The zero-order chi connectivity index (χ0) is 19.5. The van der Waals surface area contributed by atoms with Crippen LogP contribution in [0, 0.1) is 5.92 Å². The molecule has 0 saturated heterocycles.